The smallest absolute Gasteiger partial charge is 0.141 e. The Morgan fingerprint density at radius 2 is 2.05 bits per heavy atom. The van der Waals surface area contributed by atoms with Gasteiger partial charge in [0.25, 0.3) is 0 Å². The number of rotatable bonds is 1. The molecular formula is C14H15FN4. The minimum Gasteiger partial charge on any atom is -0.383 e. The average molecular weight is 258 g/mol. The first kappa shape index (κ1) is 13.1. The third-order valence-corrected chi connectivity index (χ3v) is 2.77. The van der Waals surface area contributed by atoms with Crippen LogP contribution in [0, 0.1) is 17.1 Å². The topological polar surface area (TPSA) is 67.6 Å². The Kier molecular flexibility index (Phi) is 3.03. The van der Waals surface area contributed by atoms with E-state index in [1.807, 2.05) is 26.8 Å². The van der Waals surface area contributed by atoms with Crippen LogP contribution in [0.5, 0.6) is 0 Å². The second kappa shape index (κ2) is 4.39. The van der Waals surface area contributed by atoms with Crippen LogP contribution in [0.2, 0.25) is 0 Å². The average Bonchev–Trinajstić information content (AvgIpc) is 2.66. The number of aromatic nitrogens is 2. The summed E-state index contributed by atoms with van der Waals surface area (Å²) < 4.78 is 14.9. The van der Waals surface area contributed by atoms with Gasteiger partial charge in [0, 0.05) is 5.56 Å². The van der Waals surface area contributed by atoms with Crippen molar-refractivity contribution >= 4 is 5.82 Å². The highest BCUT2D eigenvalue weighted by Crippen LogP contribution is 2.30. The van der Waals surface area contributed by atoms with Crippen molar-refractivity contribution in [2.24, 2.45) is 0 Å². The molecule has 98 valence electrons. The molecule has 4 nitrogen and oxygen atoms in total. The fraction of sp³-hybridized carbons (Fsp3) is 0.286. The van der Waals surface area contributed by atoms with Gasteiger partial charge >= 0.3 is 0 Å². The Morgan fingerprint density at radius 1 is 1.37 bits per heavy atom. The molecule has 1 heterocycles. The summed E-state index contributed by atoms with van der Waals surface area (Å²) in [5.41, 5.74) is 6.85. The van der Waals surface area contributed by atoms with Crippen molar-refractivity contribution in [2.45, 2.75) is 26.3 Å². The van der Waals surface area contributed by atoms with E-state index in [0.717, 1.165) is 0 Å². The summed E-state index contributed by atoms with van der Waals surface area (Å²) in [5, 5.41) is 13.6. The van der Waals surface area contributed by atoms with Crippen molar-refractivity contribution in [1.29, 1.82) is 5.26 Å². The summed E-state index contributed by atoms with van der Waals surface area (Å²) in [6.45, 7) is 5.81. The quantitative estimate of drug-likeness (QED) is 0.855. The number of hydrogen-bond acceptors (Lipinski definition) is 3. The molecule has 1 aromatic carbocycles. The molecule has 2 rings (SSSR count). The summed E-state index contributed by atoms with van der Waals surface area (Å²) in [6.07, 6.45) is 0. The zero-order chi connectivity index (χ0) is 14.2. The van der Waals surface area contributed by atoms with Crippen molar-refractivity contribution in [3.8, 4) is 17.3 Å². The van der Waals surface area contributed by atoms with Crippen LogP contribution < -0.4 is 5.73 Å². The number of nitriles is 1. The maximum absolute atomic E-state index is 13.3. The number of nitrogens with zero attached hydrogens (tertiary/aromatic N) is 3. The zero-order valence-electron chi connectivity index (χ0n) is 11.1. The fourth-order valence-corrected chi connectivity index (χ4v) is 1.89. The Balaban J connectivity index is 2.69. The zero-order valence-corrected chi connectivity index (χ0v) is 11.1. The van der Waals surface area contributed by atoms with Crippen LogP contribution in [0.15, 0.2) is 24.3 Å². The predicted octanol–water partition coefficient (Wildman–Crippen LogP) is 2.90. The van der Waals surface area contributed by atoms with Gasteiger partial charge in [-0.25, -0.2) is 9.07 Å². The van der Waals surface area contributed by atoms with Gasteiger partial charge in [0.15, 0.2) is 0 Å². The molecule has 0 aliphatic rings. The lowest BCUT2D eigenvalue weighted by Crippen LogP contribution is -2.24. The number of halogens is 1. The number of hydrogen-bond donors (Lipinski definition) is 1. The molecule has 0 aliphatic carbocycles. The van der Waals surface area contributed by atoms with Gasteiger partial charge in [-0.2, -0.15) is 10.4 Å². The molecule has 1 aromatic heterocycles. The van der Waals surface area contributed by atoms with E-state index in [-0.39, 0.29) is 16.9 Å². The van der Waals surface area contributed by atoms with Crippen LogP contribution >= 0.6 is 0 Å². The normalized spacial score (nSPS) is 11.3. The van der Waals surface area contributed by atoms with Gasteiger partial charge < -0.3 is 5.73 Å². The standard InChI is InChI=1S/C14H15FN4/c1-14(2,3)19-13(17)11(8-16)12(18-19)9-5-4-6-10(15)7-9/h4-7H,17H2,1-3H3. The van der Waals surface area contributed by atoms with E-state index in [2.05, 4.69) is 5.10 Å². The van der Waals surface area contributed by atoms with E-state index in [0.29, 0.717) is 17.1 Å². The maximum atomic E-state index is 13.3. The number of benzene rings is 1. The first-order valence-corrected chi connectivity index (χ1v) is 5.89. The molecule has 2 aromatic rings. The molecule has 0 bridgehead atoms. The lowest BCUT2D eigenvalue weighted by atomic mass is 10.1. The van der Waals surface area contributed by atoms with Gasteiger partial charge in [-0.15, -0.1) is 0 Å². The minimum absolute atomic E-state index is 0.278. The molecule has 2 N–H and O–H groups in total. The highest BCUT2D eigenvalue weighted by molar-refractivity contribution is 5.72. The van der Waals surface area contributed by atoms with Crippen molar-refractivity contribution in [3.05, 3.63) is 35.6 Å². The maximum Gasteiger partial charge on any atom is 0.141 e. The van der Waals surface area contributed by atoms with Crippen molar-refractivity contribution in [2.75, 3.05) is 5.73 Å². The highest BCUT2D eigenvalue weighted by atomic mass is 19.1. The molecular weight excluding hydrogens is 243 g/mol. The summed E-state index contributed by atoms with van der Waals surface area (Å²) in [6, 6.07) is 8.02. The third-order valence-electron chi connectivity index (χ3n) is 2.77. The largest absolute Gasteiger partial charge is 0.383 e. The molecule has 0 saturated carbocycles. The lowest BCUT2D eigenvalue weighted by Gasteiger charge is -2.20. The summed E-state index contributed by atoms with van der Waals surface area (Å²) in [4.78, 5) is 0. The Morgan fingerprint density at radius 3 is 2.58 bits per heavy atom. The van der Waals surface area contributed by atoms with Crippen LogP contribution in [0.25, 0.3) is 11.3 Å². The molecule has 0 spiro atoms. The first-order valence-electron chi connectivity index (χ1n) is 5.89. The molecule has 19 heavy (non-hydrogen) atoms. The Hall–Kier alpha value is -2.35. The van der Waals surface area contributed by atoms with Gasteiger partial charge in [0.05, 0.1) is 5.54 Å². The Bertz CT molecular complexity index is 659. The van der Waals surface area contributed by atoms with E-state index in [1.165, 1.54) is 12.1 Å². The van der Waals surface area contributed by atoms with Gasteiger partial charge in [0.2, 0.25) is 0 Å². The summed E-state index contributed by atoms with van der Waals surface area (Å²) >= 11 is 0. The Labute approximate surface area is 111 Å². The van der Waals surface area contributed by atoms with Crippen LogP contribution in [0.4, 0.5) is 10.2 Å². The van der Waals surface area contributed by atoms with Gasteiger partial charge in [-0.3, -0.25) is 0 Å². The van der Waals surface area contributed by atoms with E-state index in [1.54, 1.807) is 16.8 Å². The van der Waals surface area contributed by atoms with E-state index in [4.69, 9.17) is 5.73 Å². The first-order chi connectivity index (χ1) is 8.84. The number of nitrogens with two attached hydrogens (primary N) is 1. The molecule has 5 heteroatoms. The summed E-state index contributed by atoms with van der Waals surface area (Å²) in [7, 11) is 0. The third kappa shape index (κ3) is 2.29. The van der Waals surface area contributed by atoms with Gasteiger partial charge in [-0.05, 0) is 32.9 Å². The van der Waals surface area contributed by atoms with E-state index < -0.39 is 0 Å². The minimum atomic E-state index is -0.370. The molecule has 0 aliphatic heterocycles. The van der Waals surface area contributed by atoms with Crippen LogP contribution in [-0.4, -0.2) is 9.78 Å². The SMILES string of the molecule is CC(C)(C)n1nc(-c2cccc(F)c2)c(C#N)c1N. The monoisotopic (exact) mass is 258 g/mol. The second-order valence-corrected chi connectivity index (χ2v) is 5.31. The van der Waals surface area contributed by atoms with E-state index >= 15 is 0 Å². The molecule has 0 amide bonds. The molecule has 0 saturated heterocycles. The van der Waals surface area contributed by atoms with Crippen molar-refractivity contribution in [3.63, 3.8) is 0 Å². The van der Waals surface area contributed by atoms with Crippen LogP contribution in [0.3, 0.4) is 0 Å². The number of anilines is 1. The van der Waals surface area contributed by atoms with Crippen LogP contribution in [-0.2, 0) is 5.54 Å². The fourth-order valence-electron chi connectivity index (χ4n) is 1.89. The molecule has 0 radical (unpaired) electrons. The van der Waals surface area contributed by atoms with Crippen molar-refractivity contribution < 1.29 is 4.39 Å². The molecule has 0 atom stereocenters. The van der Waals surface area contributed by atoms with Gasteiger partial charge in [0.1, 0.15) is 29.0 Å². The number of nitrogen functional groups attached to an aromatic ring is 1. The van der Waals surface area contributed by atoms with Crippen molar-refractivity contribution in [1.82, 2.24) is 9.78 Å². The van der Waals surface area contributed by atoms with Gasteiger partial charge in [-0.1, -0.05) is 12.1 Å². The van der Waals surface area contributed by atoms with Crippen LogP contribution in [0.1, 0.15) is 26.3 Å². The molecule has 0 fully saturated rings. The lowest BCUT2D eigenvalue weighted by molar-refractivity contribution is 0.362. The predicted molar refractivity (Wildman–Crippen MR) is 71.7 cm³/mol. The van der Waals surface area contributed by atoms with E-state index in [9.17, 15) is 9.65 Å². The highest BCUT2D eigenvalue weighted by Gasteiger charge is 2.24. The second-order valence-electron chi connectivity index (χ2n) is 5.31. The summed E-state index contributed by atoms with van der Waals surface area (Å²) in [5.74, 6) is -0.0699. The molecule has 0 unspecified atom stereocenters.